The van der Waals surface area contributed by atoms with Gasteiger partial charge in [-0.3, -0.25) is 0 Å². The SMILES string of the molecule is CC(C)(C#N)CCCNc1ccc(C(C)(C)C)cc1. The first-order valence-electron chi connectivity index (χ1n) is 7.00. The molecule has 0 spiro atoms. The molecule has 0 saturated heterocycles. The van der Waals surface area contributed by atoms with Crippen molar-refractivity contribution in [3.05, 3.63) is 29.8 Å². The van der Waals surface area contributed by atoms with Crippen LogP contribution in [0.1, 0.15) is 53.0 Å². The minimum Gasteiger partial charge on any atom is -0.385 e. The van der Waals surface area contributed by atoms with Gasteiger partial charge in [0.15, 0.2) is 0 Å². The van der Waals surface area contributed by atoms with Gasteiger partial charge in [0.25, 0.3) is 0 Å². The standard InChI is InChI=1S/C17H26N2/c1-16(2,3)14-7-9-15(10-8-14)19-12-6-11-17(4,5)13-18/h7-10,19H,6,11-12H2,1-5H3. The Morgan fingerprint density at radius 3 is 2.11 bits per heavy atom. The number of nitriles is 1. The maximum Gasteiger partial charge on any atom is 0.0683 e. The fourth-order valence-corrected chi connectivity index (χ4v) is 1.91. The van der Waals surface area contributed by atoms with Crippen molar-refractivity contribution in [1.82, 2.24) is 0 Å². The van der Waals surface area contributed by atoms with E-state index < -0.39 is 0 Å². The summed E-state index contributed by atoms with van der Waals surface area (Å²) < 4.78 is 0. The lowest BCUT2D eigenvalue weighted by Crippen LogP contribution is -2.12. The quantitative estimate of drug-likeness (QED) is 0.775. The second-order valence-corrected chi connectivity index (χ2v) is 6.85. The average Bonchev–Trinajstić information content (AvgIpc) is 2.34. The summed E-state index contributed by atoms with van der Waals surface area (Å²) in [6.45, 7) is 11.6. The Morgan fingerprint density at radius 1 is 1.05 bits per heavy atom. The number of benzene rings is 1. The second-order valence-electron chi connectivity index (χ2n) is 6.85. The number of nitrogens with one attached hydrogen (secondary N) is 1. The zero-order valence-electron chi connectivity index (χ0n) is 12.9. The van der Waals surface area contributed by atoms with Gasteiger partial charge in [-0.25, -0.2) is 0 Å². The highest BCUT2D eigenvalue weighted by molar-refractivity contribution is 5.45. The molecular formula is C17H26N2. The van der Waals surface area contributed by atoms with Gasteiger partial charge in [0.2, 0.25) is 0 Å². The summed E-state index contributed by atoms with van der Waals surface area (Å²) in [6, 6.07) is 11.0. The lowest BCUT2D eigenvalue weighted by molar-refractivity contribution is 0.441. The molecule has 2 nitrogen and oxygen atoms in total. The van der Waals surface area contributed by atoms with E-state index in [1.165, 1.54) is 5.56 Å². The topological polar surface area (TPSA) is 35.8 Å². The fourth-order valence-electron chi connectivity index (χ4n) is 1.91. The van der Waals surface area contributed by atoms with Crippen molar-refractivity contribution in [1.29, 1.82) is 5.26 Å². The zero-order chi connectivity index (χ0) is 14.5. The first-order chi connectivity index (χ1) is 8.74. The smallest absolute Gasteiger partial charge is 0.0683 e. The Morgan fingerprint density at radius 2 is 1.63 bits per heavy atom. The number of rotatable bonds is 5. The first kappa shape index (κ1) is 15.6. The zero-order valence-corrected chi connectivity index (χ0v) is 12.9. The minimum atomic E-state index is -0.211. The van der Waals surface area contributed by atoms with E-state index in [-0.39, 0.29) is 10.8 Å². The summed E-state index contributed by atoms with van der Waals surface area (Å²) in [5, 5.41) is 12.4. The molecule has 0 bridgehead atoms. The van der Waals surface area contributed by atoms with Crippen molar-refractivity contribution in [3.63, 3.8) is 0 Å². The van der Waals surface area contributed by atoms with Crippen molar-refractivity contribution in [2.45, 2.75) is 52.9 Å². The first-order valence-corrected chi connectivity index (χ1v) is 7.00. The Balaban J connectivity index is 2.41. The van der Waals surface area contributed by atoms with E-state index in [1.807, 2.05) is 13.8 Å². The van der Waals surface area contributed by atoms with Crippen LogP contribution in [-0.2, 0) is 5.41 Å². The van der Waals surface area contributed by atoms with Crippen LogP contribution in [0.25, 0.3) is 0 Å². The normalized spacial score (nSPS) is 12.0. The molecule has 1 rings (SSSR count). The lowest BCUT2D eigenvalue weighted by atomic mass is 9.87. The van der Waals surface area contributed by atoms with Crippen LogP contribution in [0.5, 0.6) is 0 Å². The third kappa shape index (κ3) is 5.34. The monoisotopic (exact) mass is 258 g/mol. The molecule has 104 valence electrons. The summed E-state index contributed by atoms with van der Waals surface area (Å²) in [6.07, 6.45) is 1.94. The molecule has 0 saturated carbocycles. The number of anilines is 1. The summed E-state index contributed by atoms with van der Waals surface area (Å²) >= 11 is 0. The van der Waals surface area contributed by atoms with E-state index in [4.69, 9.17) is 5.26 Å². The molecule has 0 amide bonds. The molecule has 1 aromatic rings. The van der Waals surface area contributed by atoms with Gasteiger partial charge in [0, 0.05) is 12.2 Å². The third-order valence-electron chi connectivity index (χ3n) is 3.36. The van der Waals surface area contributed by atoms with Crippen molar-refractivity contribution in [2.75, 3.05) is 11.9 Å². The molecule has 1 aromatic carbocycles. The molecule has 0 fully saturated rings. The van der Waals surface area contributed by atoms with Crippen molar-refractivity contribution >= 4 is 5.69 Å². The van der Waals surface area contributed by atoms with E-state index in [2.05, 4.69) is 56.4 Å². The predicted molar refractivity (Wildman–Crippen MR) is 82.3 cm³/mol. The van der Waals surface area contributed by atoms with Crippen LogP contribution in [0.2, 0.25) is 0 Å². The highest BCUT2D eigenvalue weighted by atomic mass is 14.9. The lowest BCUT2D eigenvalue weighted by Gasteiger charge is -2.19. The highest BCUT2D eigenvalue weighted by Crippen LogP contribution is 2.24. The van der Waals surface area contributed by atoms with E-state index in [0.29, 0.717) is 0 Å². The van der Waals surface area contributed by atoms with E-state index in [9.17, 15) is 0 Å². The van der Waals surface area contributed by atoms with Gasteiger partial charge in [0.05, 0.1) is 11.5 Å². The maximum absolute atomic E-state index is 8.95. The predicted octanol–water partition coefficient (Wildman–Crippen LogP) is 4.73. The molecule has 0 aliphatic rings. The third-order valence-corrected chi connectivity index (χ3v) is 3.36. The molecule has 2 heteroatoms. The average molecular weight is 258 g/mol. The molecule has 19 heavy (non-hydrogen) atoms. The van der Waals surface area contributed by atoms with Gasteiger partial charge >= 0.3 is 0 Å². The number of hydrogen-bond donors (Lipinski definition) is 1. The highest BCUT2D eigenvalue weighted by Gasteiger charge is 2.15. The summed E-state index contributed by atoms with van der Waals surface area (Å²) in [5.41, 5.74) is 2.50. The van der Waals surface area contributed by atoms with E-state index in [1.54, 1.807) is 0 Å². The second kappa shape index (κ2) is 6.10. The van der Waals surface area contributed by atoms with Crippen molar-refractivity contribution in [2.24, 2.45) is 5.41 Å². The molecule has 0 radical (unpaired) electrons. The summed E-state index contributed by atoms with van der Waals surface area (Å²) in [4.78, 5) is 0. The van der Waals surface area contributed by atoms with Crippen LogP contribution >= 0.6 is 0 Å². The Kier molecular flexibility index (Phi) is 5.00. The Labute approximate surface area is 117 Å². The van der Waals surface area contributed by atoms with Gasteiger partial charge in [-0.05, 0) is 49.8 Å². The van der Waals surface area contributed by atoms with Gasteiger partial charge in [-0.15, -0.1) is 0 Å². The number of nitrogens with zero attached hydrogens (tertiary/aromatic N) is 1. The summed E-state index contributed by atoms with van der Waals surface area (Å²) in [5.74, 6) is 0. The summed E-state index contributed by atoms with van der Waals surface area (Å²) in [7, 11) is 0. The molecule has 0 aliphatic heterocycles. The molecule has 1 N–H and O–H groups in total. The van der Waals surface area contributed by atoms with Gasteiger partial charge < -0.3 is 5.32 Å². The van der Waals surface area contributed by atoms with Crippen LogP contribution in [0.3, 0.4) is 0 Å². The molecule has 0 aliphatic carbocycles. The Bertz CT molecular complexity index is 430. The molecule has 0 unspecified atom stereocenters. The minimum absolute atomic E-state index is 0.204. The Hall–Kier alpha value is -1.49. The molecule has 0 atom stereocenters. The fraction of sp³-hybridized carbons (Fsp3) is 0.588. The largest absolute Gasteiger partial charge is 0.385 e. The maximum atomic E-state index is 8.95. The molecular weight excluding hydrogens is 232 g/mol. The van der Waals surface area contributed by atoms with Crippen LogP contribution in [-0.4, -0.2) is 6.54 Å². The number of hydrogen-bond acceptors (Lipinski definition) is 2. The van der Waals surface area contributed by atoms with Crippen LogP contribution in [0.4, 0.5) is 5.69 Å². The van der Waals surface area contributed by atoms with Gasteiger partial charge in [0.1, 0.15) is 0 Å². The van der Waals surface area contributed by atoms with Gasteiger partial charge in [-0.1, -0.05) is 32.9 Å². The van der Waals surface area contributed by atoms with Crippen LogP contribution in [0.15, 0.2) is 24.3 Å². The van der Waals surface area contributed by atoms with E-state index in [0.717, 1.165) is 25.1 Å². The van der Waals surface area contributed by atoms with Crippen LogP contribution < -0.4 is 5.32 Å². The molecule has 0 aromatic heterocycles. The van der Waals surface area contributed by atoms with E-state index >= 15 is 0 Å². The molecule has 0 heterocycles. The van der Waals surface area contributed by atoms with Crippen LogP contribution in [0, 0.1) is 16.7 Å². The van der Waals surface area contributed by atoms with Gasteiger partial charge in [-0.2, -0.15) is 5.26 Å². The van der Waals surface area contributed by atoms with Crippen molar-refractivity contribution < 1.29 is 0 Å². The van der Waals surface area contributed by atoms with Crippen molar-refractivity contribution in [3.8, 4) is 6.07 Å².